The highest BCUT2D eigenvalue weighted by molar-refractivity contribution is 6.32. The van der Waals surface area contributed by atoms with Crippen molar-refractivity contribution in [2.75, 3.05) is 6.61 Å². The highest BCUT2D eigenvalue weighted by Gasteiger charge is 2.33. The normalized spacial score (nSPS) is 18.9. The molecule has 26 heavy (non-hydrogen) atoms. The van der Waals surface area contributed by atoms with Crippen LogP contribution in [-0.4, -0.2) is 28.6 Å². The van der Waals surface area contributed by atoms with E-state index in [0.717, 1.165) is 24.1 Å². The number of ether oxygens (including phenoxy) is 1. The largest absolute Gasteiger partial charge is 0.492 e. The van der Waals surface area contributed by atoms with E-state index in [-0.39, 0.29) is 11.6 Å². The Morgan fingerprint density at radius 3 is 2.81 bits per heavy atom. The van der Waals surface area contributed by atoms with Gasteiger partial charge in [-0.15, -0.1) is 0 Å². The lowest BCUT2D eigenvalue weighted by molar-refractivity contribution is -0.132. The summed E-state index contributed by atoms with van der Waals surface area (Å²) in [7, 11) is 0. The van der Waals surface area contributed by atoms with Crippen LogP contribution in [0.2, 0.25) is 5.02 Å². The minimum absolute atomic E-state index is 0.187. The fourth-order valence-corrected chi connectivity index (χ4v) is 3.90. The van der Waals surface area contributed by atoms with Gasteiger partial charge in [0.2, 0.25) is 0 Å². The molecule has 1 unspecified atom stereocenters. The standard InChI is InChI=1S/C21H24ClNO3/c1-5-26-20-9-14-8-15(6-12(2)3)23-11-17(21(24)25)13(4)7-19(23)16(14)10-18(20)22/h7,9-12,15H,4-6,8H2,1-3H3,(H,24,25). The van der Waals surface area contributed by atoms with Gasteiger partial charge in [-0.05, 0) is 55.0 Å². The average molecular weight is 374 g/mol. The molecule has 3 rings (SSSR count). The SMILES string of the molecule is C=C1C=C2c3cc(Cl)c(OCC)cc3CC(CC(C)C)N2C=C1C(=O)O. The van der Waals surface area contributed by atoms with Gasteiger partial charge in [0, 0.05) is 23.5 Å². The van der Waals surface area contributed by atoms with E-state index in [1.54, 1.807) is 6.20 Å². The van der Waals surface area contributed by atoms with Crippen LogP contribution in [0.4, 0.5) is 0 Å². The minimum Gasteiger partial charge on any atom is -0.492 e. The lowest BCUT2D eigenvalue weighted by Gasteiger charge is -2.41. The van der Waals surface area contributed by atoms with Gasteiger partial charge in [-0.25, -0.2) is 4.79 Å². The maximum absolute atomic E-state index is 11.6. The Morgan fingerprint density at radius 2 is 2.19 bits per heavy atom. The Balaban J connectivity index is 2.12. The Kier molecular flexibility index (Phi) is 5.15. The number of fused-ring (bicyclic) bond motifs is 3. The molecule has 0 saturated heterocycles. The lowest BCUT2D eigenvalue weighted by Crippen LogP contribution is -2.38. The van der Waals surface area contributed by atoms with E-state index in [4.69, 9.17) is 16.3 Å². The van der Waals surface area contributed by atoms with Gasteiger partial charge in [0.05, 0.1) is 17.2 Å². The summed E-state index contributed by atoms with van der Waals surface area (Å²) in [5.74, 6) is 0.235. The summed E-state index contributed by atoms with van der Waals surface area (Å²) in [5.41, 5.74) is 3.89. The molecule has 1 aromatic carbocycles. The fourth-order valence-electron chi connectivity index (χ4n) is 3.68. The number of rotatable bonds is 5. The van der Waals surface area contributed by atoms with Gasteiger partial charge in [-0.3, -0.25) is 0 Å². The van der Waals surface area contributed by atoms with Crippen LogP contribution in [0.5, 0.6) is 5.75 Å². The molecule has 0 saturated carbocycles. The highest BCUT2D eigenvalue weighted by Crippen LogP contribution is 2.42. The molecule has 138 valence electrons. The third-order valence-electron chi connectivity index (χ3n) is 4.76. The Labute approximate surface area is 159 Å². The quantitative estimate of drug-likeness (QED) is 0.798. The van der Waals surface area contributed by atoms with Crippen LogP contribution >= 0.6 is 11.6 Å². The van der Waals surface area contributed by atoms with E-state index >= 15 is 0 Å². The third-order valence-corrected chi connectivity index (χ3v) is 5.05. The molecule has 2 aliphatic heterocycles. The van der Waals surface area contributed by atoms with Crippen LogP contribution in [0.15, 0.2) is 42.1 Å². The molecule has 0 aliphatic carbocycles. The van der Waals surface area contributed by atoms with Crippen molar-refractivity contribution in [3.8, 4) is 5.75 Å². The molecule has 0 spiro atoms. The van der Waals surface area contributed by atoms with Gasteiger partial charge < -0.3 is 14.7 Å². The lowest BCUT2D eigenvalue weighted by atomic mass is 9.85. The molecule has 2 aliphatic rings. The van der Waals surface area contributed by atoms with Crippen molar-refractivity contribution in [2.24, 2.45) is 5.92 Å². The predicted molar refractivity (Wildman–Crippen MR) is 104 cm³/mol. The Hall–Kier alpha value is -2.20. The number of allylic oxidation sites excluding steroid dienone is 1. The summed E-state index contributed by atoms with van der Waals surface area (Å²) in [4.78, 5) is 13.6. The van der Waals surface area contributed by atoms with Crippen LogP contribution in [0.25, 0.3) is 5.70 Å². The minimum atomic E-state index is -0.955. The van der Waals surface area contributed by atoms with Crippen molar-refractivity contribution in [3.05, 3.63) is 58.3 Å². The maximum Gasteiger partial charge on any atom is 0.337 e. The zero-order valence-corrected chi connectivity index (χ0v) is 16.1. The summed E-state index contributed by atoms with van der Waals surface area (Å²) >= 11 is 6.40. The van der Waals surface area contributed by atoms with Crippen LogP contribution in [0, 0.1) is 5.92 Å². The number of hydrogen-bond donors (Lipinski definition) is 1. The van der Waals surface area contributed by atoms with E-state index in [2.05, 4.69) is 25.3 Å². The summed E-state index contributed by atoms with van der Waals surface area (Å²) in [5, 5.41) is 10.0. The topological polar surface area (TPSA) is 49.8 Å². The van der Waals surface area contributed by atoms with Crippen LogP contribution < -0.4 is 4.74 Å². The van der Waals surface area contributed by atoms with E-state index < -0.39 is 5.97 Å². The van der Waals surface area contributed by atoms with E-state index in [0.29, 0.717) is 28.9 Å². The number of halogens is 1. The monoisotopic (exact) mass is 373 g/mol. The van der Waals surface area contributed by atoms with Gasteiger partial charge in [-0.2, -0.15) is 0 Å². The number of benzene rings is 1. The van der Waals surface area contributed by atoms with Crippen molar-refractivity contribution in [3.63, 3.8) is 0 Å². The van der Waals surface area contributed by atoms with E-state index in [1.807, 2.05) is 25.1 Å². The van der Waals surface area contributed by atoms with Gasteiger partial charge in [0.15, 0.2) is 0 Å². The molecule has 5 heteroatoms. The second-order valence-corrected chi connectivity index (χ2v) is 7.58. The number of carbonyl (C=O) groups is 1. The molecule has 0 aromatic heterocycles. The molecule has 0 radical (unpaired) electrons. The van der Waals surface area contributed by atoms with Crippen molar-refractivity contribution in [1.29, 1.82) is 0 Å². The molecular weight excluding hydrogens is 350 g/mol. The second kappa shape index (κ2) is 7.20. The number of hydrogen-bond acceptors (Lipinski definition) is 3. The van der Waals surface area contributed by atoms with E-state index in [1.165, 1.54) is 5.56 Å². The first-order chi connectivity index (χ1) is 12.3. The Morgan fingerprint density at radius 1 is 1.46 bits per heavy atom. The number of carboxylic acids is 1. The van der Waals surface area contributed by atoms with Crippen molar-refractivity contribution < 1.29 is 14.6 Å². The first-order valence-corrected chi connectivity index (χ1v) is 9.29. The molecule has 1 aromatic rings. The molecule has 1 atom stereocenters. The summed E-state index contributed by atoms with van der Waals surface area (Å²) in [6.45, 7) is 10.8. The van der Waals surface area contributed by atoms with Gasteiger partial charge in [0.25, 0.3) is 0 Å². The maximum atomic E-state index is 11.6. The first-order valence-electron chi connectivity index (χ1n) is 8.91. The third kappa shape index (κ3) is 3.38. The molecule has 1 N–H and O–H groups in total. The summed E-state index contributed by atoms with van der Waals surface area (Å²) in [6.07, 6.45) is 5.35. The highest BCUT2D eigenvalue weighted by atomic mass is 35.5. The number of aliphatic carboxylic acids is 1. The summed E-state index contributed by atoms with van der Waals surface area (Å²) in [6, 6.07) is 4.12. The fraction of sp³-hybridized carbons (Fsp3) is 0.381. The van der Waals surface area contributed by atoms with Crippen molar-refractivity contribution in [2.45, 2.75) is 39.7 Å². The van der Waals surface area contributed by atoms with Crippen LogP contribution in [0.1, 0.15) is 38.3 Å². The molecule has 4 nitrogen and oxygen atoms in total. The van der Waals surface area contributed by atoms with Crippen LogP contribution in [-0.2, 0) is 11.2 Å². The second-order valence-electron chi connectivity index (χ2n) is 7.17. The number of carboxylic acid groups (broad SMARTS) is 1. The Bertz CT molecular complexity index is 823. The summed E-state index contributed by atoms with van der Waals surface area (Å²) < 4.78 is 5.65. The average Bonchev–Trinajstić information content (AvgIpc) is 2.55. The molecular formula is C21H24ClNO3. The van der Waals surface area contributed by atoms with Gasteiger partial charge in [0.1, 0.15) is 5.75 Å². The van der Waals surface area contributed by atoms with Crippen molar-refractivity contribution in [1.82, 2.24) is 4.90 Å². The van der Waals surface area contributed by atoms with Crippen molar-refractivity contribution >= 4 is 23.3 Å². The zero-order chi connectivity index (χ0) is 19.0. The zero-order valence-electron chi connectivity index (χ0n) is 15.4. The molecule has 0 amide bonds. The van der Waals surface area contributed by atoms with Crippen LogP contribution in [0.3, 0.4) is 0 Å². The van der Waals surface area contributed by atoms with Gasteiger partial charge in [-0.1, -0.05) is 32.0 Å². The molecule has 0 bridgehead atoms. The first kappa shape index (κ1) is 18.6. The molecule has 2 heterocycles. The smallest absolute Gasteiger partial charge is 0.337 e. The number of nitrogens with zero attached hydrogens (tertiary/aromatic N) is 1. The predicted octanol–water partition coefficient (Wildman–Crippen LogP) is 4.89. The van der Waals surface area contributed by atoms with E-state index in [9.17, 15) is 9.90 Å². The van der Waals surface area contributed by atoms with Gasteiger partial charge >= 0.3 is 5.97 Å². The molecule has 0 fully saturated rings.